The lowest BCUT2D eigenvalue weighted by molar-refractivity contribution is 0.413. The topological polar surface area (TPSA) is 9.23 Å². The molecule has 3 heteroatoms. The Kier molecular flexibility index (Phi) is 4.75. The first-order chi connectivity index (χ1) is 8.22. The minimum atomic E-state index is 0.580. The lowest BCUT2D eigenvalue weighted by Crippen LogP contribution is -2.10. The maximum Gasteiger partial charge on any atom is 0.137 e. The van der Waals surface area contributed by atoms with Gasteiger partial charge in [-0.15, -0.1) is 0 Å². The lowest BCUT2D eigenvalue weighted by Gasteiger charge is -2.21. The summed E-state index contributed by atoms with van der Waals surface area (Å²) >= 11 is 9.90. The van der Waals surface area contributed by atoms with Gasteiger partial charge in [0.05, 0.1) is 12.1 Å². The van der Waals surface area contributed by atoms with Crippen LogP contribution in [0.2, 0.25) is 5.02 Å². The number of benzene rings is 1. The molecule has 17 heavy (non-hydrogen) atoms. The van der Waals surface area contributed by atoms with Crippen LogP contribution in [-0.4, -0.2) is 11.9 Å². The van der Waals surface area contributed by atoms with E-state index in [9.17, 15) is 0 Å². The summed E-state index contributed by atoms with van der Waals surface area (Å²) in [6, 6.07) is 6.17. The third kappa shape index (κ3) is 3.17. The average Bonchev–Trinajstić information content (AvgIpc) is 2.55. The van der Waals surface area contributed by atoms with E-state index in [-0.39, 0.29) is 0 Å². The molecular weight excluding hydrogens is 300 g/mol. The van der Waals surface area contributed by atoms with Crippen molar-refractivity contribution in [2.24, 2.45) is 0 Å². The summed E-state index contributed by atoms with van der Waals surface area (Å²) in [4.78, 5) is 0.580. The van der Waals surface area contributed by atoms with Crippen LogP contribution in [0, 0.1) is 0 Å². The lowest BCUT2D eigenvalue weighted by atomic mass is 9.91. The predicted octanol–water partition coefficient (Wildman–Crippen LogP) is 5.16. The number of halogens is 2. The van der Waals surface area contributed by atoms with Gasteiger partial charge in [-0.1, -0.05) is 52.9 Å². The standard InChI is InChI=1S/C14H18BrClO/c1-17-14-9-10(7-8-13(14)16)11-5-3-2-4-6-12(11)15/h7-9,11-12H,2-6H2,1H3. The summed E-state index contributed by atoms with van der Waals surface area (Å²) in [6.45, 7) is 0. The van der Waals surface area contributed by atoms with Crippen molar-refractivity contribution < 1.29 is 4.74 Å². The molecule has 0 amide bonds. The van der Waals surface area contributed by atoms with Crippen LogP contribution in [0.1, 0.15) is 43.6 Å². The zero-order chi connectivity index (χ0) is 12.3. The number of alkyl halides is 1. The number of rotatable bonds is 2. The molecule has 0 radical (unpaired) electrons. The van der Waals surface area contributed by atoms with E-state index in [1.165, 1.54) is 37.7 Å². The summed E-state index contributed by atoms with van der Waals surface area (Å²) in [6.07, 6.45) is 6.51. The van der Waals surface area contributed by atoms with Crippen molar-refractivity contribution in [2.75, 3.05) is 7.11 Å². The van der Waals surface area contributed by atoms with Crippen molar-refractivity contribution in [3.8, 4) is 5.75 Å². The quantitative estimate of drug-likeness (QED) is 0.541. The second kappa shape index (κ2) is 6.10. The number of hydrogen-bond acceptors (Lipinski definition) is 1. The summed E-state index contributed by atoms with van der Waals surface area (Å²) < 4.78 is 5.30. The first-order valence-corrected chi connectivity index (χ1v) is 7.49. The van der Waals surface area contributed by atoms with E-state index in [1.807, 2.05) is 6.07 Å². The van der Waals surface area contributed by atoms with Crippen molar-refractivity contribution in [2.45, 2.75) is 42.8 Å². The molecule has 0 spiro atoms. The van der Waals surface area contributed by atoms with Crippen LogP contribution >= 0.6 is 27.5 Å². The average molecular weight is 318 g/mol. The van der Waals surface area contributed by atoms with Crippen LogP contribution in [0.3, 0.4) is 0 Å². The van der Waals surface area contributed by atoms with E-state index in [2.05, 4.69) is 28.1 Å². The van der Waals surface area contributed by atoms with Gasteiger partial charge in [0.25, 0.3) is 0 Å². The molecule has 94 valence electrons. The van der Waals surface area contributed by atoms with Crippen LogP contribution in [0.4, 0.5) is 0 Å². The predicted molar refractivity (Wildman–Crippen MR) is 76.5 cm³/mol. The third-order valence-corrected chi connectivity index (χ3v) is 4.94. The highest BCUT2D eigenvalue weighted by molar-refractivity contribution is 9.09. The fraction of sp³-hybridized carbons (Fsp3) is 0.571. The first-order valence-electron chi connectivity index (χ1n) is 6.20. The Balaban J connectivity index is 2.25. The second-order valence-corrected chi connectivity index (χ2v) is 6.24. The van der Waals surface area contributed by atoms with E-state index < -0.39 is 0 Å². The van der Waals surface area contributed by atoms with Crippen LogP contribution < -0.4 is 4.74 Å². The summed E-state index contributed by atoms with van der Waals surface area (Å²) in [7, 11) is 1.67. The Hall–Kier alpha value is -0.210. The minimum absolute atomic E-state index is 0.580. The molecule has 2 atom stereocenters. The molecular formula is C14H18BrClO. The zero-order valence-electron chi connectivity index (χ0n) is 10.1. The first kappa shape index (κ1) is 13.2. The van der Waals surface area contributed by atoms with Gasteiger partial charge in [0.15, 0.2) is 0 Å². The zero-order valence-corrected chi connectivity index (χ0v) is 12.4. The number of ether oxygens (including phenoxy) is 1. The molecule has 1 aliphatic carbocycles. The van der Waals surface area contributed by atoms with Crippen molar-refractivity contribution in [3.63, 3.8) is 0 Å². The highest BCUT2D eigenvalue weighted by atomic mass is 79.9. The Labute approximate surface area is 117 Å². The summed E-state index contributed by atoms with van der Waals surface area (Å²) in [5.41, 5.74) is 1.34. The normalized spacial score (nSPS) is 25.4. The summed E-state index contributed by atoms with van der Waals surface area (Å²) in [5, 5.41) is 0.691. The maximum absolute atomic E-state index is 6.07. The van der Waals surface area contributed by atoms with E-state index in [0.29, 0.717) is 15.8 Å². The van der Waals surface area contributed by atoms with Gasteiger partial charge in [0.1, 0.15) is 5.75 Å². The molecule has 1 saturated carbocycles. The molecule has 0 bridgehead atoms. The minimum Gasteiger partial charge on any atom is -0.495 e. The molecule has 1 aliphatic rings. The molecule has 0 aromatic heterocycles. The Morgan fingerprint density at radius 3 is 2.76 bits per heavy atom. The maximum atomic E-state index is 6.07. The molecule has 0 N–H and O–H groups in total. The fourth-order valence-corrected chi connectivity index (χ4v) is 3.63. The number of methoxy groups -OCH3 is 1. The molecule has 0 aliphatic heterocycles. The Morgan fingerprint density at radius 2 is 2.00 bits per heavy atom. The van der Waals surface area contributed by atoms with Crippen molar-refractivity contribution in [1.29, 1.82) is 0 Å². The van der Waals surface area contributed by atoms with Crippen molar-refractivity contribution >= 4 is 27.5 Å². The fourth-order valence-electron chi connectivity index (χ4n) is 2.54. The van der Waals surface area contributed by atoms with Crippen LogP contribution in [0.25, 0.3) is 0 Å². The molecule has 1 fully saturated rings. The van der Waals surface area contributed by atoms with Gasteiger partial charge in [-0.25, -0.2) is 0 Å². The monoisotopic (exact) mass is 316 g/mol. The molecule has 1 aromatic carbocycles. The third-order valence-electron chi connectivity index (χ3n) is 3.53. The smallest absolute Gasteiger partial charge is 0.137 e. The molecule has 1 aromatic rings. The van der Waals surface area contributed by atoms with Crippen LogP contribution in [-0.2, 0) is 0 Å². The number of hydrogen-bond donors (Lipinski definition) is 0. The summed E-state index contributed by atoms with van der Waals surface area (Å²) in [5.74, 6) is 1.37. The van der Waals surface area contributed by atoms with Gasteiger partial charge in [-0.05, 0) is 36.5 Å². The molecule has 0 heterocycles. The largest absolute Gasteiger partial charge is 0.495 e. The van der Waals surface area contributed by atoms with Crippen LogP contribution in [0.15, 0.2) is 18.2 Å². The van der Waals surface area contributed by atoms with E-state index in [4.69, 9.17) is 16.3 Å². The van der Waals surface area contributed by atoms with Gasteiger partial charge >= 0.3 is 0 Å². The highest BCUT2D eigenvalue weighted by Crippen LogP contribution is 2.38. The van der Waals surface area contributed by atoms with Crippen LogP contribution in [0.5, 0.6) is 5.75 Å². The van der Waals surface area contributed by atoms with Crippen molar-refractivity contribution in [3.05, 3.63) is 28.8 Å². The highest BCUT2D eigenvalue weighted by Gasteiger charge is 2.23. The Morgan fingerprint density at radius 1 is 1.24 bits per heavy atom. The van der Waals surface area contributed by atoms with E-state index in [0.717, 1.165) is 5.75 Å². The molecule has 1 nitrogen and oxygen atoms in total. The molecule has 0 saturated heterocycles. The second-order valence-electron chi connectivity index (χ2n) is 4.65. The van der Waals surface area contributed by atoms with Gasteiger partial charge in [0.2, 0.25) is 0 Å². The van der Waals surface area contributed by atoms with Gasteiger partial charge in [-0.3, -0.25) is 0 Å². The molecule has 2 rings (SSSR count). The van der Waals surface area contributed by atoms with Gasteiger partial charge in [0, 0.05) is 4.83 Å². The SMILES string of the molecule is COc1cc(C2CCCCCC2Br)ccc1Cl. The van der Waals surface area contributed by atoms with E-state index in [1.54, 1.807) is 7.11 Å². The Bertz CT molecular complexity index is 380. The van der Waals surface area contributed by atoms with Gasteiger partial charge < -0.3 is 4.74 Å². The van der Waals surface area contributed by atoms with Crippen molar-refractivity contribution in [1.82, 2.24) is 0 Å². The van der Waals surface area contributed by atoms with Gasteiger partial charge in [-0.2, -0.15) is 0 Å². The molecule has 2 unspecified atom stereocenters. The van der Waals surface area contributed by atoms with E-state index >= 15 is 0 Å².